The minimum absolute atomic E-state index is 0.0192. The molecule has 0 radical (unpaired) electrons. The number of hydrogen-bond donors (Lipinski definition) is 1. The second-order valence-electron chi connectivity index (χ2n) is 4.55. The van der Waals surface area contributed by atoms with Crippen LogP contribution in [0.2, 0.25) is 0 Å². The lowest BCUT2D eigenvalue weighted by atomic mass is 10.0. The molecular weight excluding hydrogens is 280 g/mol. The summed E-state index contributed by atoms with van der Waals surface area (Å²) in [4.78, 5) is 13.9. The number of aromatic nitrogens is 1. The van der Waals surface area contributed by atoms with Crippen LogP contribution < -0.4 is 5.32 Å². The molecule has 1 aromatic heterocycles. The van der Waals surface area contributed by atoms with Gasteiger partial charge in [0.15, 0.2) is 0 Å². The number of rotatable bonds is 5. The summed E-state index contributed by atoms with van der Waals surface area (Å²) in [6.45, 7) is 3.52. The Morgan fingerprint density at radius 1 is 1.20 bits per heavy atom. The molecule has 4 nitrogen and oxygen atoms in total. The summed E-state index contributed by atoms with van der Waals surface area (Å²) in [5, 5.41) is 2.13. The lowest BCUT2D eigenvalue weighted by molar-refractivity contribution is -0.141. The molecule has 1 unspecified atom stereocenters. The molecule has 0 saturated carbocycles. The quantitative estimate of drug-likeness (QED) is 0.515. The number of methoxy groups -OCH3 is 1. The van der Waals surface area contributed by atoms with E-state index < -0.39 is 41.2 Å². The van der Waals surface area contributed by atoms with Crippen LogP contribution in [0.15, 0.2) is 0 Å². The molecule has 0 aromatic carbocycles. The number of esters is 1. The summed E-state index contributed by atoms with van der Waals surface area (Å²) in [7, 11) is 1.10. The summed E-state index contributed by atoms with van der Waals surface area (Å²) in [5.74, 6) is -7.79. The normalized spacial score (nSPS) is 12.4. The molecule has 112 valence electrons. The molecule has 0 aliphatic rings. The molecule has 0 aliphatic heterocycles. The fourth-order valence-corrected chi connectivity index (χ4v) is 1.62. The second-order valence-corrected chi connectivity index (χ2v) is 4.55. The van der Waals surface area contributed by atoms with Gasteiger partial charge >= 0.3 is 5.97 Å². The van der Waals surface area contributed by atoms with Crippen LogP contribution in [0.3, 0.4) is 0 Å². The van der Waals surface area contributed by atoms with Crippen LogP contribution in [0, 0.1) is 29.4 Å². The zero-order valence-electron chi connectivity index (χ0n) is 11.1. The number of pyridine rings is 1. The van der Waals surface area contributed by atoms with Crippen molar-refractivity contribution in [3.63, 3.8) is 0 Å². The Bertz CT molecular complexity index is 482. The van der Waals surface area contributed by atoms with E-state index in [-0.39, 0.29) is 12.3 Å². The van der Waals surface area contributed by atoms with Gasteiger partial charge in [0.05, 0.1) is 7.11 Å². The number of anilines is 1. The first-order valence-electron chi connectivity index (χ1n) is 5.82. The Kier molecular flexibility index (Phi) is 5.29. The Labute approximate surface area is 113 Å². The summed E-state index contributed by atoms with van der Waals surface area (Å²) < 4.78 is 57.3. The van der Waals surface area contributed by atoms with Crippen LogP contribution in [0.25, 0.3) is 0 Å². The number of carbonyl (C=O) groups is 1. The molecule has 20 heavy (non-hydrogen) atoms. The van der Waals surface area contributed by atoms with Crippen molar-refractivity contribution in [3.8, 4) is 0 Å². The highest BCUT2D eigenvalue weighted by Gasteiger charge is 2.27. The van der Waals surface area contributed by atoms with E-state index in [1.54, 1.807) is 13.8 Å². The lowest BCUT2D eigenvalue weighted by Gasteiger charge is -2.20. The van der Waals surface area contributed by atoms with Crippen LogP contribution in [-0.2, 0) is 9.53 Å². The monoisotopic (exact) mass is 294 g/mol. The maximum absolute atomic E-state index is 13.4. The first-order valence-corrected chi connectivity index (χ1v) is 5.82. The summed E-state index contributed by atoms with van der Waals surface area (Å²) in [6, 6.07) is -1.13. The minimum atomic E-state index is -1.79. The first kappa shape index (κ1) is 16.2. The van der Waals surface area contributed by atoms with Gasteiger partial charge in [-0.25, -0.2) is 4.79 Å². The van der Waals surface area contributed by atoms with Crippen molar-refractivity contribution in [3.05, 3.63) is 23.5 Å². The zero-order valence-corrected chi connectivity index (χ0v) is 11.1. The number of hydrogen-bond acceptors (Lipinski definition) is 4. The third kappa shape index (κ3) is 3.58. The molecule has 0 bridgehead atoms. The SMILES string of the molecule is COC(=O)C(CC(C)C)Nc1c(F)c(F)nc(F)c1F. The molecule has 8 heteroatoms. The first-order chi connectivity index (χ1) is 9.27. The Morgan fingerprint density at radius 3 is 2.10 bits per heavy atom. The molecule has 0 fully saturated rings. The largest absolute Gasteiger partial charge is 0.467 e. The van der Waals surface area contributed by atoms with Crippen molar-refractivity contribution in [2.45, 2.75) is 26.3 Å². The predicted molar refractivity (Wildman–Crippen MR) is 63.0 cm³/mol. The van der Waals surface area contributed by atoms with Crippen molar-refractivity contribution in [2.75, 3.05) is 12.4 Å². The molecule has 1 rings (SSSR count). The number of nitrogens with zero attached hydrogens (tertiary/aromatic N) is 1. The van der Waals surface area contributed by atoms with Crippen molar-refractivity contribution < 1.29 is 27.1 Å². The molecule has 1 N–H and O–H groups in total. The average Bonchev–Trinajstić information content (AvgIpc) is 2.38. The van der Waals surface area contributed by atoms with E-state index in [2.05, 4.69) is 15.0 Å². The minimum Gasteiger partial charge on any atom is -0.467 e. The molecule has 0 amide bonds. The number of carbonyl (C=O) groups excluding carboxylic acids is 1. The maximum Gasteiger partial charge on any atom is 0.328 e. The molecular formula is C12H14F4N2O2. The Hall–Kier alpha value is -1.86. The van der Waals surface area contributed by atoms with E-state index in [9.17, 15) is 22.4 Å². The third-order valence-corrected chi connectivity index (χ3v) is 2.51. The van der Waals surface area contributed by atoms with Gasteiger partial charge in [0.1, 0.15) is 11.7 Å². The van der Waals surface area contributed by atoms with E-state index in [4.69, 9.17) is 0 Å². The molecule has 1 heterocycles. The molecule has 0 saturated heterocycles. The highest BCUT2D eigenvalue weighted by molar-refractivity contribution is 5.79. The molecule has 1 aromatic rings. The maximum atomic E-state index is 13.4. The van der Waals surface area contributed by atoms with E-state index in [0.717, 1.165) is 7.11 Å². The molecule has 1 atom stereocenters. The van der Waals surface area contributed by atoms with E-state index in [1.807, 2.05) is 0 Å². The van der Waals surface area contributed by atoms with Gasteiger partial charge in [-0.05, 0) is 12.3 Å². The van der Waals surface area contributed by atoms with Crippen LogP contribution >= 0.6 is 0 Å². The smallest absolute Gasteiger partial charge is 0.328 e. The van der Waals surface area contributed by atoms with E-state index >= 15 is 0 Å². The van der Waals surface area contributed by atoms with Gasteiger partial charge in [0, 0.05) is 0 Å². The van der Waals surface area contributed by atoms with Crippen LogP contribution in [0.5, 0.6) is 0 Å². The van der Waals surface area contributed by atoms with Gasteiger partial charge in [-0.3, -0.25) is 0 Å². The average molecular weight is 294 g/mol. The standard InChI is InChI=1S/C12H14F4N2O2/c1-5(2)4-6(12(19)20-3)17-9-7(13)10(15)18-11(16)8(9)14/h5-6H,4H2,1-3H3,(H,17,18). The summed E-state index contributed by atoms with van der Waals surface area (Å²) in [5.41, 5.74) is -1.08. The van der Waals surface area contributed by atoms with E-state index in [0.29, 0.717) is 0 Å². The van der Waals surface area contributed by atoms with Gasteiger partial charge < -0.3 is 10.1 Å². The Balaban J connectivity index is 3.14. The van der Waals surface area contributed by atoms with Crippen molar-refractivity contribution >= 4 is 11.7 Å². The molecule has 0 aliphatic carbocycles. The van der Waals surface area contributed by atoms with E-state index in [1.165, 1.54) is 0 Å². The molecule has 0 spiro atoms. The summed E-state index contributed by atoms with van der Waals surface area (Å²) in [6.07, 6.45) is 0.164. The van der Waals surface area contributed by atoms with Gasteiger partial charge in [0.25, 0.3) is 11.9 Å². The lowest BCUT2D eigenvalue weighted by Crippen LogP contribution is -2.33. The Morgan fingerprint density at radius 2 is 1.70 bits per heavy atom. The third-order valence-electron chi connectivity index (χ3n) is 2.51. The predicted octanol–water partition coefficient (Wildman–Crippen LogP) is 2.64. The van der Waals surface area contributed by atoms with Crippen LogP contribution in [0.1, 0.15) is 20.3 Å². The van der Waals surface area contributed by atoms with Crippen molar-refractivity contribution in [1.82, 2.24) is 4.98 Å². The zero-order chi connectivity index (χ0) is 15.4. The summed E-state index contributed by atoms with van der Waals surface area (Å²) >= 11 is 0. The highest BCUT2D eigenvalue weighted by atomic mass is 19.2. The highest BCUT2D eigenvalue weighted by Crippen LogP contribution is 2.24. The second kappa shape index (κ2) is 6.53. The fraction of sp³-hybridized carbons (Fsp3) is 0.500. The fourth-order valence-electron chi connectivity index (χ4n) is 1.62. The van der Waals surface area contributed by atoms with Gasteiger partial charge in [0.2, 0.25) is 11.6 Å². The number of ether oxygens (including phenoxy) is 1. The van der Waals surface area contributed by atoms with Crippen molar-refractivity contribution in [2.24, 2.45) is 5.92 Å². The van der Waals surface area contributed by atoms with Crippen LogP contribution in [-0.4, -0.2) is 24.1 Å². The van der Waals surface area contributed by atoms with Gasteiger partial charge in [-0.2, -0.15) is 22.5 Å². The number of nitrogens with one attached hydrogen (secondary N) is 1. The van der Waals surface area contributed by atoms with Crippen LogP contribution in [0.4, 0.5) is 23.2 Å². The van der Waals surface area contributed by atoms with Gasteiger partial charge in [-0.1, -0.05) is 13.8 Å². The van der Waals surface area contributed by atoms with Crippen molar-refractivity contribution in [1.29, 1.82) is 0 Å². The topological polar surface area (TPSA) is 51.2 Å². The number of halogens is 4. The van der Waals surface area contributed by atoms with Gasteiger partial charge in [-0.15, -0.1) is 0 Å².